The first-order chi connectivity index (χ1) is 16.7. The average molecular weight is 478 g/mol. The van der Waals surface area contributed by atoms with Gasteiger partial charge in [0.2, 0.25) is 11.8 Å². The SMILES string of the molecule is Cc1ccc2c(c1)C(=O)N(CCC(=O)N(CC(=O)Nc1cccc(C)c1C)CC1CCCO1)C2=O. The largest absolute Gasteiger partial charge is 0.376 e. The summed E-state index contributed by atoms with van der Waals surface area (Å²) in [6.45, 7) is 6.52. The van der Waals surface area contributed by atoms with Crippen LogP contribution in [0.2, 0.25) is 0 Å². The minimum atomic E-state index is -0.392. The Bertz CT molecular complexity index is 1170. The molecule has 35 heavy (non-hydrogen) atoms. The Kier molecular flexibility index (Phi) is 7.31. The molecule has 4 rings (SSSR count). The molecule has 184 valence electrons. The van der Waals surface area contributed by atoms with Crippen LogP contribution in [-0.2, 0) is 14.3 Å². The fourth-order valence-electron chi connectivity index (χ4n) is 4.51. The Balaban J connectivity index is 1.42. The lowest BCUT2D eigenvalue weighted by atomic mass is 10.1. The van der Waals surface area contributed by atoms with E-state index in [1.165, 1.54) is 4.90 Å². The van der Waals surface area contributed by atoms with Crippen molar-refractivity contribution in [3.8, 4) is 0 Å². The first-order valence-electron chi connectivity index (χ1n) is 12.0. The summed E-state index contributed by atoms with van der Waals surface area (Å²) in [5.41, 5.74) is 4.36. The van der Waals surface area contributed by atoms with Crippen molar-refractivity contribution in [2.24, 2.45) is 0 Å². The Morgan fingerprint density at radius 2 is 1.86 bits per heavy atom. The third kappa shape index (κ3) is 5.43. The Morgan fingerprint density at radius 1 is 1.09 bits per heavy atom. The molecule has 0 saturated carbocycles. The molecule has 8 heteroatoms. The highest BCUT2D eigenvalue weighted by Crippen LogP contribution is 2.24. The number of carbonyl (C=O) groups excluding carboxylic acids is 4. The molecule has 4 amide bonds. The lowest BCUT2D eigenvalue weighted by Gasteiger charge is -2.26. The van der Waals surface area contributed by atoms with Crippen LogP contribution in [0.25, 0.3) is 0 Å². The second kappa shape index (κ2) is 10.4. The highest BCUT2D eigenvalue weighted by molar-refractivity contribution is 6.21. The lowest BCUT2D eigenvalue weighted by Crippen LogP contribution is -2.44. The van der Waals surface area contributed by atoms with Crippen molar-refractivity contribution in [3.63, 3.8) is 0 Å². The van der Waals surface area contributed by atoms with Crippen LogP contribution in [0.3, 0.4) is 0 Å². The molecule has 1 atom stereocenters. The lowest BCUT2D eigenvalue weighted by molar-refractivity contribution is -0.136. The van der Waals surface area contributed by atoms with E-state index in [9.17, 15) is 19.2 Å². The van der Waals surface area contributed by atoms with Crippen molar-refractivity contribution in [3.05, 3.63) is 64.2 Å². The van der Waals surface area contributed by atoms with Gasteiger partial charge in [-0.3, -0.25) is 24.1 Å². The van der Waals surface area contributed by atoms with Crippen molar-refractivity contribution < 1.29 is 23.9 Å². The number of hydrogen-bond acceptors (Lipinski definition) is 5. The molecule has 0 radical (unpaired) electrons. The van der Waals surface area contributed by atoms with Crippen LogP contribution in [0.1, 0.15) is 56.7 Å². The molecule has 2 aromatic carbocycles. The zero-order valence-electron chi connectivity index (χ0n) is 20.4. The van der Waals surface area contributed by atoms with E-state index in [-0.39, 0.29) is 43.3 Å². The van der Waals surface area contributed by atoms with Crippen molar-refractivity contribution >= 4 is 29.3 Å². The van der Waals surface area contributed by atoms with Crippen LogP contribution in [0.15, 0.2) is 36.4 Å². The number of anilines is 1. The summed E-state index contributed by atoms with van der Waals surface area (Å²) in [6.07, 6.45) is 1.54. The number of ether oxygens (including phenoxy) is 1. The van der Waals surface area contributed by atoms with Crippen LogP contribution in [-0.4, -0.2) is 65.8 Å². The van der Waals surface area contributed by atoms with E-state index in [1.807, 2.05) is 39.0 Å². The van der Waals surface area contributed by atoms with Crippen molar-refractivity contribution in [1.82, 2.24) is 9.80 Å². The summed E-state index contributed by atoms with van der Waals surface area (Å²) in [7, 11) is 0. The first kappa shape index (κ1) is 24.6. The normalized spacial score (nSPS) is 17.0. The van der Waals surface area contributed by atoms with E-state index in [0.717, 1.165) is 34.4 Å². The summed E-state index contributed by atoms with van der Waals surface area (Å²) in [6, 6.07) is 10.8. The number of hydrogen-bond donors (Lipinski definition) is 1. The van der Waals surface area contributed by atoms with Crippen LogP contribution in [0, 0.1) is 20.8 Å². The van der Waals surface area contributed by atoms with Gasteiger partial charge in [-0.25, -0.2) is 0 Å². The van der Waals surface area contributed by atoms with Gasteiger partial charge in [-0.1, -0.05) is 23.8 Å². The van der Waals surface area contributed by atoms with Crippen LogP contribution in [0.4, 0.5) is 5.69 Å². The maximum atomic E-state index is 13.2. The van der Waals surface area contributed by atoms with E-state index < -0.39 is 5.91 Å². The number of carbonyl (C=O) groups is 4. The quantitative estimate of drug-likeness (QED) is 0.589. The van der Waals surface area contributed by atoms with E-state index in [4.69, 9.17) is 4.74 Å². The summed E-state index contributed by atoms with van der Waals surface area (Å²) < 4.78 is 5.69. The summed E-state index contributed by atoms with van der Waals surface area (Å²) in [5.74, 6) is -1.39. The minimum Gasteiger partial charge on any atom is -0.376 e. The van der Waals surface area contributed by atoms with E-state index in [1.54, 1.807) is 18.2 Å². The van der Waals surface area contributed by atoms with E-state index >= 15 is 0 Å². The Morgan fingerprint density at radius 3 is 2.60 bits per heavy atom. The second-order valence-corrected chi connectivity index (χ2v) is 9.27. The molecule has 0 aliphatic carbocycles. The van der Waals surface area contributed by atoms with Crippen molar-refractivity contribution in [2.45, 2.75) is 46.1 Å². The van der Waals surface area contributed by atoms with Crippen LogP contribution < -0.4 is 5.32 Å². The third-order valence-corrected chi connectivity index (χ3v) is 6.69. The summed E-state index contributed by atoms with van der Waals surface area (Å²) >= 11 is 0. The van der Waals surface area contributed by atoms with Gasteiger partial charge < -0.3 is 15.0 Å². The molecular weight excluding hydrogens is 446 g/mol. The number of aryl methyl sites for hydroxylation is 2. The van der Waals surface area contributed by atoms with Gasteiger partial charge in [-0.2, -0.15) is 0 Å². The molecule has 1 fully saturated rings. The molecule has 0 aromatic heterocycles. The molecule has 0 bridgehead atoms. The van der Waals surface area contributed by atoms with Gasteiger partial charge in [0.15, 0.2) is 0 Å². The predicted molar refractivity (Wildman–Crippen MR) is 131 cm³/mol. The molecule has 2 aromatic rings. The fraction of sp³-hybridized carbons (Fsp3) is 0.407. The fourth-order valence-corrected chi connectivity index (χ4v) is 4.51. The number of imide groups is 1. The minimum absolute atomic E-state index is 0.0368. The zero-order chi connectivity index (χ0) is 25.1. The second-order valence-electron chi connectivity index (χ2n) is 9.27. The maximum Gasteiger partial charge on any atom is 0.261 e. The smallest absolute Gasteiger partial charge is 0.261 e. The average Bonchev–Trinajstić information content (AvgIpc) is 3.41. The highest BCUT2D eigenvalue weighted by Gasteiger charge is 2.36. The number of nitrogens with zero attached hydrogens (tertiary/aromatic N) is 2. The third-order valence-electron chi connectivity index (χ3n) is 6.69. The van der Waals surface area contributed by atoms with E-state index in [2.05, 4.69) is 5.32 Å². The number of benzene rings is 2. The Hall–Kier alpha value is -3.52. The van der Waals surface area contributed by atoms with Crippen molar-refractivity contribution in [1.29, 1.82) is 0 Å². The number of amides is 4. The number of nitrogens with one attached hydrogen (secondary N) is 1. The van der Waals surface area contributed by atoms with Gasteiger partial charge in [0.25, 0.3) is 11.8 Å². The molecule has 1 saturated heterocycles. The van der Waals surface area contributed by atoms with E-state index in [0.29, 0.717) is 30.0 Å². The summed E-state index contributed by atoms with van der Waals surface area (Å²) in [5, 5.41) is 2.90. The molecule has 0 spiro atoms. The monoisotopic (exact) mass is 477 g/mol. The predicted octanol–water partition coefficient (Wildman–Crippen LogP) is 3.24. The molecular formula is C27H31N3O5. The topological polar surface area (TPSA) is 96.0 Å². The van der Waals surface area contributed by atoms with Crippen LogP contribution in [0.5, 0.6) is 0 Å². The Labute approximate surface area is 205 Å². The number of rotatable bonds is 8. The molecule has 2 aliphatic rings. The highest BCUT2D eigenvalue weighted by atomic mass is 16.5. The number of fused-ring (bicyclic) bond motifs is 1. The first-order valence-corrected chi connectivity index (χ1v) is 12.0. The van der Waals surface area contributed by atoms with Gasteiger partial charge in [0, 0.05) is 31.8 Å². The molecule has 1 unspecified atom stereocenters. The maximum absolute atomic E-state index is 13.2. The molecule has 8 nitrogen and oxygen atoms in total. The van der Waals surface area contributed by atoms with Gasteiger partial charge in [0.1, 0.15) is 0 Å². The van der Waals surface area contributed by atoms with Crippen molar-refractivity contribution in [2.75, 3.05) is 31.6 Å². The van der Waals surface area contributed by atoms with Gasteiger partial charge >= 0.3 is 0 Å². The molecule has 2 heterocycles. The summed E-state index contributed by atoms with van der Waals surface area (Å²) in [4.78, 5) is 54.1. The molecule has 1 N–H and O–H groups in total. The van der Waals surface area contributed by atoms with Gasteiger partial charge in [-0.05, 0) is 62.9 Å². The van der Waals surface area contributed by atoms with Gasteiger partial charge in [-0.15, -0.1) is 0 Å². The van der Waals surface area contributed by atoms with Gasteiger partial charge in [0.05, 0.1) is 23.8 Å². The van der Waals surface area contributed by atoms with Crippen LogP contribution >= 0.6 is 0 Å². The zero-order valence-corrected chi connectivity index (χ0v) is 20.4. The molecule has 2 aliphatic heterocycles. The standard InChI is InChI=1S/C27H31N3O5/c1-17-9-10-21-22(14-17)27(34)30(26(21)33)12-11-25(32)29(15-20-7-5-13-35-20)16-24(31)28-23-8-4-6-18(2)19(23)3/h4,6,8-10,14,20H,5,7,11-13,15-16H2,1-3H3,(H,28,31).